The van der Waals surface area contributed by atoms with E-state index in [1.807, 2.05) is 0 Å². The summed E-state index contributed by atoms with van der Waals surface area (Å²) in [5.74, 6) is 0. The van der Waals surface area contributed by atoms with Crippen molar-refractivity contribution < 1.29 is 4.48 Å². The molecule has 0 amide bonds. The van der Waals surface area contributed by atoms with Crippen LogP contribution in [0.3, 0.4) is 0 Å². The fourth-order valence-corrected chi connectivity index (χ4v) is 1.13. The predicted molar refractivity (Wildman–Crippen MR) is 56.2 cm³/mol. The molecule has 0 aliphatic heterocycles. The highest BCUT2D eigenvalue weighted by Gasteiger charge is 2.04. The van der Waals surface area contributed by atoms with E-state index < -0.39 is 0 Å². The Bertz CT molecular complexity index is 119. The Morgan fingerprint density at radius 1 is 1.00 bits per heavy atom. The molecule has 0 saturated carbocycles. The topological polar surface area (TPSA) is 0 Å². The van der Waals surface area contributed by atoms with Crippen molar-refractivity contribution in [1.82, 2.24) is 0 Å². The predicted octanol–water partition coefficient (Wildman–Crippen LogP) is 2.83. The van der Waals surface area contributed by atoms with E-state index in [2.05, 4.69) is 40.2 Å². The molecule has 0 aromatic carbocycles. The van der Waals surface area contributed by atoms with Gasteiger partial charge < -0.3 is 4.48 Å². The Hall–Kier alpha value is -0.300. The van der Waals surface area contributed by atoms with Gasteiger partial charge in [0, 0.05) is 0 Å². The lowest BCUT2D eigenvalue weighted by molar-refractivity contribution is -0.870. The Labute approximate surface area is 77.7 Å². The van der Waals surface area contributed by atoms with Crippen molar-refractivity contribution in [1.29, 1.82) is 0 Å². The smallest absolute Gasteiger partial charge is 0.0780 e. The summed E-state index contributed by atoms with van der Waals surface area (Å²) in [7, 11) is 6.76. The van der Waals surface area contributed by atoms with Crippen LogP contribution in [0.2, 0.25) is 0 Å². The summed E-state index contributed by atoms with van der Waals surface area (Å²) in [5.41, 5.74) is 0. The van der Waals surface area contributed by atoms with Crippen LogP contribution in [0.25, 0.3) is 0 Å². The van der Waals surface area contributed by atoms with Gasteiger partial charge in [0.15, 0.2) is 0 Å². The molecule has 0 aromatic rings. The summed E-state index contributed by atoms with van der Waals surface area (Å²) in [6, 6.07) is 0. The third kappa shape index (κ3) is 9.70. The number of allylic oxidation sites excluding steroid dienone is 2. The molecule has 0 N–H and O–H groups in total. The average Bonchev–Trinajstić information content (AvgIpc) is 1.94. The van der Waals surface area contributed by atoms with E-state index in [-0.39, 0.29) is 0 Å². The van der Waals surface area contributed by atoms with E-state index in [4.69, 9.17) is 0 Å². The van der Waals surface area contributed by atoms with E-state index in [1.54, 1.807) is 0 Å². The van der Waals surface area contributed by atoms with E-state index >= 15 is 0 Å². The molecule has 0 heterocycles. The molecule has 0 aromatic heterocycles. The number of quaternary nitrogens is 1. The molecule has 12 heavy (non-hydrogen) atoms. The monoisotopic (exact) mass is 170 g/mol. The van der Waals surface area contributed by atoms with E-state index in [9.17, 15) is 0 Å². The van der Waals surface area contributed by atoms with Gasteiger partial charge in [0.25, 0.3) is 0 Å². The molecule has 0 bridgehead atoms. The van der Waals surface area contributed by atoms with E-state index in [0.29, 0.717) is 0 Å². The molecule has 0 atom stereocenters. The van der Waals surface area contributed by atoms with Crippen LogP contribution in [0.4, 0.5) is 0 Å². The van der Waals surface area contributed by atoms with Crippen molar-refractivity contribution in [3.05, 3.63) is 12.2 Å². The summed E-state index contributed by atoms with van der Waals surface area (Å²) in [6.45, 7) is 3.47. The lowest BCUT2D eigenvalue weighted by Gasteiger charge is -2.23. The fourth-order valence-electron chi connectivity index (χ4n) is 1.13. The number of hydrogen-bond donors (Lipinski definition) is 0. The molecular formula is C11H24N+. The van der Waals surface area contributed by atoms with Gasteiger partial charge in [0.2, 0.25) is 0 Å². The lowest BCUT2D eigenvalue weighted by atomic mass is 10.2. The lowest BCUT2D eigenvalue weighted by Crippen LogP contribution is -2.35. The molecule has 0 spiro atoms. The van der Waals surface area contributed by atoms with Gasteiger partial charge in [0.05, 0.1) is 27.7 Å². The van der Waals surface area contributed by atoms with Crippen LogP contribution in [0, 0.1) is 0 Å². The molecule has 0 unspecified atom stereocenters. The Kier molecular flexibility index (Phi) is 6.09. The summed E-state index contributed by atoms with van der Waals surface area (Å²) in [5, 5.41) is 0. The van der Waals surface area contributed by atoms with Crippen LogP contribution >= 0.6 is 0 Å². The highest BCUT2D eigenvalue weighted by Crippen LogP contribution is 2.01. The van der Waals surface area contributed by atoms with Gasteiger partial charge in [-0.05, 0) is 25.7 Å². The fraction of sp³-hybridized carbons (Fsp3) is 0.818. The van der Waals surface area contributed by atoms with Crippen LogP contribution in [0.1, 0.15) is 32.6 Å². The highest BCUT2D eigenvalue weighted by molar-refractivity contribution is 4.79. The minimum Gasteiger partial charge on any atom is -0.331 e. The van der Waals surface area contributed by atoms with E-state index in [1.165, 1.54) is 32.2 Å². The Morgan fingerprint density at radius 2 is 1.67 bits per heavy atom. The first-order valence-electron chi connectivity index (χ1n) is 5.01. The molecule has 1 nitrogen and oxygen atoms in total. The van der Waals surface area contributed by atoms with Gasteiger partial charge in [-0.15, -0.1) is 0 Å². The van der Waals surface area contributed by atoms with Gasteiger partial charge in [-0.1, -0.05) is 19.1 Å². The summed E-state index contributed by atoms with van der Waals surface area (Å²) in [6.07, 6.45) is 9.67. The zero-order valence-electron chi connectivity index (χ0n) is 9.14. The van der Waals surface area contributed by atoms with Crippen LogP contribution in [-0.4, -0.2) is 32.2 Å². The molecule has 0 aliphatic carbocycles. The van der Waals surface area contributed by atoms with Crippen molar-refractivity contribution >= 4 is 0 Å². The molecule has 0 aliphatic rings. The third-order valence-corrected chi connectivity index (χ3v) is 1.85. The first-order valence-corrected chi connectivity index (χ1v) is 5.01. The zero-order chi connectivity index (χ0) is 9.45. The van der Waals surface area contributed by atoms with Crippen molar-refractivity contribution in [2.24, 2.45) is 0 Å². The number of rotatable bonds is 6. The maximum absolute atomic E-state index is 2.30. The second-order valence-electron chi connectivity index (χ2n) is 4.39. The van der Waals surface area contributed by atoms with Crippen LogP contribution in [0.15, 0.2) is 12.2 Å². The van der Waals surface area contributed by atoms with Crippen molar-refractivity contribution in [3.8, 4) is 0 Å². The number of unbranched alkanes of at least 4 members (excludes halogenated alkanes) is 2. The summed E-state index contributed by atoms with van der Waals surface area (Å²) < 4.78 is 1.09. The zero-order valence-corrected chi connectivity index (χ0v) is 9.14. The molecule has 0 radical (unpaired) electrons. The van der Waals surface area contributed by atoms with Gasteiger partial charge in [-0.25, -0.2) is 0 Å². The maximum Gasteiger partial charge on any atom is 0.0780 e. The van der Waals surface area contributed by atoms with Crippen LogP contribution in [-0.2, 0) is 0 Å². The molecule has 0 fully saturated rings. The minimum atomic E-state index is 1.09. The first kappa shape index (κ1) is 11.7. The SMILES string of the molecule is CC/C=C/CCCC[N+](C)(C)C. The van der Waals surface area contributed by atoms with Crippen LogP contribution in [0.5, 0.6) is 0 Å². The largest absolute Gasteiger partial charge is 0.331 e. The van der Waals surface area contributed by atoms with Crippen molar-refractivity contribution in [3.63, 3.8) is 0 Å². The standard InChI is InChI=1S/C11H24N/c1-5-6-7-8-9-10-11-12(2,3)4/h6-7H,5,8-11H2,1-4H3/q+1/b7-6+. The Morgan fingerprint density at radius 3 is 2.17 bits per heavy atom. The Balaban J connectivity index is 3.17. The molecule has 72 valence electrons. The third-order valence-electron chi connectivity index (χ3n) is 1.85. The molecule has 1 heteroatoms. The average molecular weight is 170 g/mol. The van der Waals surface area contributed by atoms with Crippen molar-refractivity contribution in [2.75, 3.05) is 27.7 Å². The minimum absolute atomic E-state index is 1.09. The molecule has 0 rings (SSSR count). The normalized spacial score (nSPS) is 12.7. The van der Waals surface area contributed by atoms with Gasteiger partial charge in [-0.2, -0.15) is 0 Å². The first-order chi connectivity index (χ1) is 5.56. The molecular weight excluding hydrogens is 146 g/mol. The van der Waals surface area contributed by atoms with Crippen LogP contribution < -0.4 is 0 Å². The van der Waals surface area contributed by atoms with Crippen molar-refractivity contribution in [2.45, 2.75) is 32.6 Å². The van der Waals surface area contributed by atoms with E-state index in [0.717, 1.165) is 4.48 Å². The van der Waals surface area contributed by atoms with Gasteiger partial charge in [-0.3, -0.25) is 0 Å². The van der Waals surface area contributed by atoms with Gasteiger partial charge in [0.1, 0.15) is 0 Å². The maximum atomic E-state index is 2.30. The summed E-state index contributed by atoms with van der Waals surface area (Å²) >= 11 is 0. The summed E-state index contributed by atoms with van der Waals surface area (Å²) in [4.78, 5) is 0. The van der Waals surface area contributed by atoms with Gasteiger partial charge >= 0.3 is 0 Å². The quantitative estimate of drug-likeness (QED) is 0.327. The highest BCUT2D eigenvalue weighted by atomic mass is 15.3. The molecule has 0 saturated heterocycles. The number of nitrogens with zero attached hydrogens (tertiary/aromatic N) is 1. The number of hydrogen-bond acceptors (Lipinski definition) is 0. The second kappa shape index (κ2) is 6.24. The second-order valence-corrected chi connectivity index (χ2v) is 4.39.